The van der Waals surface area contributed by atoms with E-state index in [1.807, 2.05) is 0 Å². The highest BCUT2D eigenvalue weighted by Gasteiger charge is 2.32. The molecule has 0 aromatic heterocycles. The SMILES string of the molecule is CCCCCCCCCCCCCCCCC(Cl)(Cl)C(=O)O.Cl. The van der Waals surface area contributed by atoms with Crippen molar-refractivity contribution in [2.24, 2.45) is 0 Å². The highest BCUT2D eigenvalue weighted by molar-refractivity contribution is 6.57. The van der Waals surface area contributed by atoms with Crippen molar-refractivity contribution < 1.29 is 9.90 Å². The molecule has 0 aliphatic carbocycles. The Bertz CT molecular complexity index is 271. The highest BCUT2D eigenvalue weighted by atomic mass is 35.5. The summed E-state index contributed by atoms with van der Waals surface area (Å²) in [4.78, 5) is 10.7. The Kier molecular flexibility index (Phi) is 19.1. The van der Waals surface area contributed by atoms with Crippen LogP contribution in [0.15, 0.2) is 0 Å². The largest absolute Gasteiger partial charge is 0.479 e. The number of rotatable bonds is 16. The topological polar surface area (TPSA) is 37.3 Å². The number of carbonyl (C=O) groups is 1. The van der Waals surface area contributed by atoms with E-state index in [9.17, 15) is 4.79 Å². The van der Waals surface area contributed by atoms with Gasteiger partial charge in [-0.25, -0.2) is 4.79 Å². The Morgan fingerprint density at radius 2 is 1.04 bits per heavy atom. The first-order chi connectivity index (χ1) is 10.5. The van der Waals surface area contributed by atoms with Crippen LogP contribution in [0.4, 0.5) is 0 Å². The van der Waals surface area contributed by atoms with Gasteiger partial charge in [0.1, 0.15) is 0 Å². The molecule has 23 heavy (non-hydrogen) atoms. The molecule has 0 saturated heterocycles. The Hall–Kier alpha value is 0.340. The molecule has 0 radical (unpaired) electrons. The van der Waals surface area contributed by atoms with Crippen molar-refractivity contribution >= 4 is 41.6 Å². The molecule has 0 heterocycles. The van der Waals surface area contributed by atoms with Gasteiger partial charge in [0.25, 0.3) is 0 Å². The van der Waals surface area contributed by atoms with Gasteiger partial charge in [0.2, 0.25) is 4.33 Å². The van der Waals surface area contributed by atoms with Gasteiger partial charge in [-0.15, -0.1) is 12.4 Å². The molecule has 0 amide bonds. The molecule has 2 nitrogen and oxygen atoms in total. The average molecular weight is 390 g/mol. The van der Waals surface area contributed by atoms with Crippen LogP contribution in [0.5, 0.6) is 0 Å². The predicted molar refractivity (Wildman–Crippen MR) is 104 cm³/mol. The van der Waals surface area contributed by atoms with Crippen LogP contribution in [0.25, 0.3) is 0 Å². The summed E-state index contributed by atoms with van der Waals surface area (Å²) in [6.45, 7) is 2.26. The molecule has 0 unspecified atom stereocenters. The van der Waals surface area contributed by atoms with Crippen LogP contribution in [0.1, 0.15) is 103 Å². The minimum atomic E-state index is -1.60. The van der Waals surface area contributed by atoms with Crippen molar-refractivity contribution in [2.75, 3.05) is 0 Å². The maximum Gasteiger partial charge on any atom is 0.340 e. The van der Waals surface area contributed by atoms with Crippen molar-refractivity contribution in [3.05, 3.63) is 0 Å². The lowest BCUT2D eigenvalue weighted by molar-refractivity contribution is -0.138. The summed E-state index contributed by atoms with van der Waals surface area (Å²) in [6.07, 6.45) is 18.2. The monoisotopic (exact) mass is 388 g/mol. The molecule has 0 aliphatic rings. The van der Waals surface area contributed by atoms with E-state index in [1.54, 1.807) is 0 Å². The van der Waals surface area contributed by atoms with E-state index >= 15 is 0 Å². The second kappa shape index (κ2) is 17.2. The third-order valence-corrected chi connectivity index (χ3v) is 4.86. The van der Waals surface area contributed by atoms with Crippen LogP contribution in [0, 0.1) is 0 Å². The molecule has 0 aliphatic heterocycles. The zero-order chi connectivity index (χ0) is 16.7. The Morgan fingerprint density at radius 1 is 0.739 bits per heavy atom. The summed E-state index contributed by atoms with van der Waals surface area (Å²) in [5, 5.41) is 8.78. The van der Waals surface area contributed by atoms with E-state index in [0.717, 1.165) is 19.3 Å². The number of carboxylic acid groups (broad SMARTS) is 1. The van der Waals surface area contributed by atoms with Gasteiger partial charge < -0.3 is 5.11 Å². The molecule has 0 fully saturated rings. The summed E-state index contributed by atoms with van der Waals surface area (Å²) in [7, 11) is 0. The van der Waals surface area contributed by atoms with Crippen molar-refractivity contribution in [1.82, 2.24) is 0 Å². The zero-order valence-corrected chi connectivity index (χ0v) is 17.0. The Balaban J connectivity index is 0. The molecule has 1 N–H and O–H groups in total. The maximum atomic E-state index is 10.7. The van der Waals surface area contributed by atoms with Crippen molar-refractivity contribution in [2.45, 2.75) is 108 Å². The Labute approximate surface area is 159 Å². The summed E-state index contributed by atoms with van der Waals surface area (Å²) in [5.74, 6) is -1.13. The van der Waals surface area contributed by atoms with Gasteiger partial charge in [-0.2, -0.15) is 0 Å². The number of halogens is 3. The molecule has 0 spiro atoms. The van der Waals surface area contributed by atoms with E-state index in [1.165, 1.54) is 70.6 Å². The third kappa shape index (κ3) is 17.0. The van der Waals surface area contributed by atoms with E-state index in [4.69, 9.17) is 28.3 Å². The number of aliphatic carboxylic acids is 1. The van der Waals surface area contributed by atoms with Gasteiger partial charge in [-0.05, 0) is 12.8 Å². The first-order valence-electron chi connectivity index (χ1n) is 9.12. The average Bonchev–Trinajstić information content (AvgIpc) is 2.47. The van der Waals surface area contributed by atoms with Crippen LogP contribution < -0.4 is 0 Å². The van der Waals surface area contributed by atoms with Crippen LogP contribution in [0.2, 0.25) is 0 Å². The van der Waals surface area contributed by atoms with Crippen molar-refractivity contribution in [3.63, 3.8) is 0 Å². The molecular weight excluding hydrogens is 355 g/mol. The molecule has 140 valence electrons. The second-order valence-corrected chi connectivity index (χ2v) is 7.84. The fourth-order valence-corrected chi connectivity index (χ4v) is 2.92. The zero-order valence-electron chi connectivity index (χ0n) is 14.6. The maximum absolute atomic E-state index is 10.7. The molecule has 0 atom stereocenters. The van der Waals surface area contributed by atoms with E-state index < -0.39 is 10.3 Å². The normalized spacial score (nSPS) is 11.3. The summed E-state index contributed by atoms with van der Waals surface area (Å²) < 4.78 is -1.60. The number of hydrogen-bond donors (Lipinski definition) is 1. The fraction of sp³-hybridized carbons (Fsp3) is 0.944. The summed E-state index contributed by atoms with van der Waals surface area (Å²) >= 11 is 11.4. The molecule has 0 rings (SSSR count). The molecule has 0 bridgehead atoms. The summed E-state index contributed by atoms with van der Waals surface area (Å²) in [6, 6.07) is 0. The standard InChI is InChI=1S/C18H34Cl2O2.ClH/c1-2-3-4-5-6-7-8-9-10-11-12-13-14-15-16-18(19,20)17(21)22;/h2-16H2,1H3,(H,21,22);1H. The molecule has 0 aromatic rings. The van der Waals surface area contributed by atoms with E-state index in [-0.39, 0.29) is 12.4 Å². The minimum Gasteiger partial charge on any atom is -0.479 e. The molecule has 0 aromatic carbocycles. The lowest BCUT2D eigenvalue weighted by Crippen LogP contribution is -2.25. The fourth-order valence-electron chi connectivity index (χ4n) is 2.65. The first kappa shape index (κ1) is 25.6. The van der Waals surface area contributed by atoms with Gasteiger partial charge in [-0.3, -0.25) is 0 Å². The Morgan fingerprint density at radius 3 is 1.35 bits per heavy atom. The van der Waals surface area contributed by atoms with Crippen molar-refractivity contribution in [3.8, 4) is 0 Å². The number of unbranched alkanes of at least 4 members (excludes halogenated alkanes) is 13. The van der Waals surface area contributed by atoms with E-state index in [2.05, 4.69) is 6.92 Å². The van der Waals surface area contributed by atoms with Crippen LogP contribution >= 0.6 is 35.6 Å². The van der Waals surface area contributed by atoms with Gasteiger partial charge in [-0.1, -0.05) is 114 Å². The van der Waals surface area contributed by atoms with Gasteiger partial charge in [0, 0.05) is 0 Å². The van der Waals surface area contributed by atoms with Crippen LogP contribution in [0.3, 0.4) is 0 Å². The second-order valence-electron chi connectivity index (χ2n) is 6.36. The minimum absolute atomic E-state index is 0. The van der Waals surface area contributed by atoms with Crippen LogP contribution in [-0.2, 0) is 4.79 Å². The molecular formula is C18H35Cl3O2. The lowest BCUT2D eigenvalue weighted by atomic mass is 10.0. The quantitative estimate of drug-likeness (QED) is 0.219. The first-order valence-corrected chi connectivity index (χ1v) is 9.87. The molecule has 5 heteroatoms. The highest BCUT2D eigenvalue weighted by Crippen LogP contribution is 2.28. The van der Waals surface area contributed by atoms with Gasteiger partial charge in [0.15, 0.2) is 0 Å². The number of carboxylic acids is 1. The smallest absolute Gasteiger partial charge is 0.340 e. The van der Waals surface area contributed by atoms with E-state index in [0.29, 0.717) is 6.42 Å². The predicted octanol–water partition coefficient (Wildman–Crippen LogP) is 7.54. The van der Waals surface area contributed by atoms with Gasteiger partial charge >= 0.3 is 5.97 Å². The summed E-state index contributed by atoms with van der Waals surface area (Å²) in [5.41, 5.74) is 0. The molecule has 0 saturated carbocycles. The number of hydrogen-bond acceptors (Lipinski definition) is 1. The van der Waals surface area contributed by atoms with Gasteiger partial charge in [0.05, 0.1) is 0 Å². The lowest BCUT2D eigenvalue weighted by Gasteiger charge is -2.13. The van der Waals surface area contributed by atoms with Crippen LogP contribution in [-0.4, -0.2) is 15.4 Å². The number of alkyl halides is 2. The third-order valence-electron chi connectivity index (χ3n) is 4.16. The van der Waals surface area contributed by atoms with Crippen molar-refractivity contribution in [1.29, 1.82) is 0 Å².